The molecule has 0 unspecified atom stereocenters. The highest BCUT2D eigenvalue weighted by atomic mass is 32.2. The van der Waals surface area contributed by atoms with Crippen LogP contribution in [0.5, 0.6) is 0 Å². The second kappa shape index (κ2) is 7.40. The summed E-state index contributed by atoms with van der Waals surface area (Å²) < 4.78 is 24.0. The molecule has 0 atom stereocenters. The van der Waals surface area contributed by atoms with Gasteiger partial charge < -0.3 is 10.0 Å². The summed E-state index contributed by atoms with van der Waals surface area (Å²) in [4.78, 5) is 24.2. The van der Waals surface area contributed by atoms with E-state index in [1.54, 1.807) is 32.9 Å². The first-order valence-corrected chi connectivity index (χ1v) is 8.55. The lowest BCUT2D eigenvalue weighted by molar-refractivity contribution is -0.144. The summed E-state index contributed by atoms with van der Waals surface area (Å²) in [6, 6.07) is 6.13. The summed E-state index contributed by atoms with van der Waals surface area (Å²) in [5.74, 6) is -1.36. The second-order valence-electron chi connectivity index (χ2n) is 5.22. The van der Waals surface area contributed by atoms with E-state index in [0.717, 1.165) is 0 Å². The Morgan fingerprint density at radius 3 is 2.14 bits per heavy atom. The lowest BCUT2D eigenvalue weighted by Crippen LogP contribution is -2.36. The number of likely N-dealkylation sites (N-methyl/N-ethyl adjacent to an activating group) is 1. The molecular formula is C15H21NO5S. The number of amides is 1. The molecule has 6 nitrogen and oxygen atoms in total. The number of sulfone groups is 1. The Bertz CT molecular complexity index is 634. The van der Waals surface area contributed by atoms with Crippen LogP contribution in [0.4, 0.5) is 0 Å². The van der Waals surface area contributed by atoms with Gasteiger partial charge in [-0.3, -0.25) is 9.59 Å². The van der Waals surface area contributed by atoms with Gasteiger partial charge in [0.2, 0.25) is 5.91 Å². The van der Waals surface area contributed by atoms with E-state index < -0.39 is 21.1 Å². The maximum atomic E-state index is 12.0. The van der Waals surface area contributed by atoms with Gasteiger partial charge in [-0.05, 0) is 38.5 Å². The van der Waals surface area contributed by atoms with Gasteiger partial charge in [-0.2, -0.15) is 0 Å². The predicted octanol–water partition coefficient (Wildman–Crippen LogP) is 1.34. The summed E-state index contributed by atoms with van der Waals surface area (Å²) in [5.41, 5.74) is 0.650. The third-order valence-corrected chi connectivity index (χ3v) is 5.46. The van der Waals surface area contributed by atoms with Gasteiger partial charge in [-0.25, -0.2) is 8.42 Å². The summed E-state index contributed by atoms with van der Waals surface area (Å²) in [7, 11) is -3.33. The molecule has 1 aromatic carbocycles. The topological polar surface area (TPSA) is 91.8 Å². The molecule has 0 spiro atoms. The molecule has 0 saturated heterocycles. The van der Waals surface area contributed by atoms with Crippen molar-refractivity contribution in [1.82, 2.24) is 4.90 Å². The van der Waals surface area contributed by atoms with Crippen molar-refractivity contribution in [2.45, 2.75) is 37.3 Å². The van der Waals surface area contributed by atoms with Gasteiger partial charge in [0.25, 0.3) is 0 Å². The zero-order valence-corrected chi connectivity index (χ0v) is 13.8. The maximum Gasteiger partial charge on any atom is 0.323 e. The van der Waals surface area contributed by atoms with Gasteiger partial charge in [-0.15, -0.1) is 0 Å². The number of hydrogen-bond donors (Lipinski definition) is 1. The van der Waals surface area contributed by atoms with E-state index in [9.17, 15) is 18.0 Å². The lowest BCUT2D eigenvalue weighted by Gasteiger charge is -2.18. The van der Waals surface area contributed by atoms with Crippen molar-refractivity contribution < 1.29 is 23.1 Å². The number of benzene rings is 1. The molecule has 7 heteroatoms. The van der Waals surface area contributed by atoms with Crippen LogP contribution in [0.15, 0.2) is 29.2 Å². The van der Waals surface area contributed by atoms with Gasteiger partial charge in [0.15, 0.2) is 9.84 Å². The number of nitrogens with zero attached hydrogens (tertiary/aromatic N) is 1. The minimum Gasteiger partial charge on any atom is -0.480 e. The highest BCUT2D eigenvalue weighted by Gasteiger charge is 2.19. The summed E-state index contributed by atoms with van der Waals surface area (Å²) in [5, 5.41) is 8.24. The minimum absolute atomic E-state index is 0.0448. The molecule has 0 heterocycles. The predicted molar refractivity (Wildman–Crippen MR) is 82.4 cm³/mol. The fraction of sp³-hybridized carbons (Fsp3) is 0.467. The van der Waals surface area contributed by atoms with Crippen LogP contribution in [0.2, 0.25) is 0 Å². The zero-order chi connectivity index (χ0) is 16.9. The fourth-order valence-electron chi connectivity index (χ4n) is 1.90. The fourth-order valence-corrected chi connectivity index (χ4v) is 2.95. The van der Waals surface area contributed by atoms with Crippen molar-refractivity contribution in [2.24, 2.45) is 0 Å². The Kier molecular flexibility index (Phi) is 6.11. The van der Waals surface area contributed by atoms with Gasteiger partial charge in [0.05, 0.1) is 16.6 Å². The standard InChI is InChI=1S/C15H21NO5S/c1-4-16(10-15(18)19)14(17)9-12-5-7-13(8-6-12)22(20,21)11(2)3/h5-8,11H,4,9-10H2,1-3H3,(H,18,19). The molecule has 0 radical (unpaired) electrons. The van der Waals surface area contributed by atoms with E-state index >= 15 is 0 Å². The third kappa shape index (κ3) is 4.56. The van der Waals surface area contributed by atoms with Crippen molar-refractivity contribution in [1.29, 1.82) is 0 Å². The molecule has 1 N–H and O–H groups in total. The normalized spacial score (nSPS) is 11.5. The van der Waals surface area contributed by atoms with Crippen LogP contribution in [0, 0.1) is 0 Å². The molecule has 1 aromatic rings. The first-order valence-electron chi connectivity index (χ1n) is 7.00. The molecule has 22 heavy (non-hydrogen) atoms. The number of carbonyl (C=O) groups excluding carboxylic acids is 1. The maximum absolute atomic E-state index is 12.0. The molecule has 1 amide bonds. The molecule has 1 rings (SSSR count). The van der Waals surface area contributed by atoms with Crippen molar-refractivity contribution in [2.75, 3.05) is 13.1 Å². The molecule has 0 aliphatic heterocycles. The van der Waals surface area contributed by atoms with Crippen LogP contribution in [-0.2, 0) is 25.8 Å². The molecule has 0 aromatic heterocycles. The average Bonchev–Trinajstić information content (AvgIpc) is 2.44. The highest BCUT2D eigenvalue weighted by Crippen LogP contribution is 2.17. The number of aliphatic carboxylic acids is 1. The molecule has 0 saturated carbocycles. The van der Waals surface area contributed by atoms with Crippen LogP contribution >= 0.6 is 0 Å². The molecule has 0 fully saturated rings. The van der Waals surface area contributed by atoms with E-state index in [0.29, 0.717) is 12.1 Å². The summed E-state index contributed by atoms with van der Waals surface area (Å²) in [6.45, 7) is 4.90. The van der Waals surface area contributed by atoms with E-state index in [2.05, 4.69) is 0 Å². The monoisotopic (exact) mass is 327 g/mol. The first kappa shape index (κ1) is 18.2. The van der Waals surface area contributed by atoms with Gasteiger partial charge in [-0.1, -0.05) is 12.1 Å². The largest absolute Gasteiger partial charge is 0.480 e. The first-order chi connectivity index (χ1) is 10.2. The SMILES string of the molecule is CCN(CC(=O)O)C(=O)Cc1ccc(S(=O)(=O)C(C)C)cc1. The molecule has 122 valence electrons. The van der Waals surface area contributed by atoms with Crippen molar-refractivity contribution in [3.05, 3.63) is 29.8 Å². The summed E-state index contributed by atoms with van der Waals surface area (Å²) >= 11 is 0. The number of carbonyl (C=O) groups is 2. The molecule has 0 bridgehead atoms. The van der Waals surface area contributed by atoms with Crippen molar-refractivity contribution in [3.8, 4) is 0 Å². The lowest BCUT2D eigenvalue weighted by atomic mass is 10.1. The van der Waals surface area contributed by atoms with E-state index in [4.69, 9.17) is 5.11 Å². The molecule has 0 aliphatic rings. The van der Waals surface area contributed by atoms with Crippen LogP contribution < -0.4 is 0 Å². The van der Waals surface area contributed by atoms with Crippen LogP contribution in [0.3, 0.4) is 0 Å². The Hall–Kier alpha value is -1.89. The Balaban J connectivity index is 2.84. The summed E-state index contributed by atoms with van der Waals surface area (Å²) in [6.07, 6.45) is 0.0448. The van der Waals surface area contributed by atoms with Crippen LogP contribution in [0.1, 0.15) is 26.3 Å². The van der Waals surface area contributed by atoms with Crippen molar-refractivity contribution in [3.63, 3.8) is 0 Å². The zero-order valence-electron chi connectivity index (χ0n) is 12.9. The van der Waals surface area contributed by atoms with E-state index in [-0.39, 0.29) is 23.8 Å². The average molecular weight is 327 g/mol. The second-order valence-corrected chi connectivity index (χ2v) is 7.72. The third-order valence-electron chi connectivity index (χ3n) is 3.29. The number of carboxylic acids is 1. The quantitative estimate of drug-likeness (QED) is 0.816. The Labute approximate surface area is 130 Å². The molecular weight excluding hydrogens is 306 g/mol. The van der Waals surface area contributed by atoms with Gasteiger partial charge >= 0.3 is 5.97 Å². The van der Waals surface area contributed by atoms with Crippen molar-refractivity contribution >= 4 is 21.7 Å². The van der Waals surface area contributed by atoms with E-state index in [1.807, 2.05) is 0 Å². The molecule has 0 aliphatic carbocycles. The Morgan fingerprint density at radius 1 is 1.18 bits per heavy atom. The number of carboxylic acid groups (broad SMARTS) is 1. The highest BCUT2D eigenvalue weighted by molar-refractivity contribution is 7.92. The van der Waals surface area contributed by atoms with Crippen LogP contribution in [0.25, 0.3) is 0 Å². The van der Waals surface area contributed by atoms with Gasteiger partial charge in [0, 0.05) is 6.54 Å². The van der Waals surface area contributed by atoms with Crippen LogP contribution in [-0.4, -0.2) is 48.6 Å². The minimum atomic E-state index is -3.33. The van der Waals surface area contributed by atoms with E-state index in [1.165, 1.54) is 17.0 Å². The number of hydrogen-bond acceptors (Lipinski definition) is 4. The Morgan fingerprint density at radius 2 is 1.73 bits per heavy atom. The number of rotatable bonds is 7. The smallest absolute Gasteiger partial charge is 0.323 e. The van der Waals surface area contributed by atoms with Gasteiger partial charge in [0.1, 0.15) is 6.54 Å².